The van der Waals surface area contributed by atoms with E-state index in [2.05, 4.69) is 97.2 Å². The molecule has 2 aromatic rings. The van der Waals surface area contributed by atoms with Gasteiger partial charge in [-0.15, -0.1) is 0 Å². The average molecular weight is 379 g/mol. The van der Waals surface area contributed by atoms with Crippen molar-refractivity contribution in [2.24, 2.45) is 0 Å². The molecule has 0 aliphatic heterocycles. The van der Waals surface area contributed by atoms with E-state index in [9.17, 15) is 0 Å². The van der Waals surface area contributed by atoms with Crippen LogP contribution in [0.3, 0.4) is 0 Å². The van der Waals surface area contributed by atoms with E-state index >= 15 is 0 Å². The van der Waals surface area contributed by atoms with Crippen LogP contribution in [-0.2, 0) is 5.41 Å². The van der Waals surface area contributed by atoms with Crippen LogP contribution in [0, 0.1) is 3.57 Å². The van der Waals surface area contributed by atoms with Crippen LogP contribution in [0.1, 0.15) is 43.5 Å². The Morgan fingerprint density at radius 1 is 0.950 bits per heavy atom. The highest BCUT2D eigenvalue weighted by molar-refractivity contribution is 14.1. The van der Waals surface area contributed by atoms with Crippen LogP contribution in [0.5, 0.6) is 0 Å². The molecule has 0 aliphatic carbocycles. The highest BCUT2D eigenvalue weighted by Gasteiger charge is 2.16. The SMILES string of the molecule is CNC(c1ccc(C(C)(C)C)cc1)c1cccc(I)c1. The summed E-state index contributed by atoms with van der Waals surface area (Å²) in [5, 5.41) is 3.42. The van der Waals surface area contributed by atoms with Crippen molar-refractivity contribution < 1.29 is 0 Å². The number of nitrogens with one attached hydrogen (secondary N) is 1. The van der Waals surface area contributed by atoms with Crippen LogP contribution < -0.4 is 5.32 Å². The maximum atomic E-state index is 3.42. The van der Waals surface area contributed by atoms with Gasteiger partial charge < -0.3 is 5.32 Å². The topological polar surface area (TPSA) is 12.0 Å². The molecule has 0 radical (unpaired) electrons. The summed E-state index contributed by atoms with van der Waals surface area (Å²) in [5.41, 5.74) is 4.19. The first-order chi connectivity index (χ1) is 9.41. The molecule has 0 heterocycles. The molecule has 0 bridgehead atoms. The summed E-state index contributed by atoms with van der Waals surface area (Å²) in [6.45, 7) is 6.74. The normalized spacial score (nSPS) is 13.2. The van der Waals surface area contributed by atoms with Crippen LogP contribution in [-0.4, -0.2) is 7.05 Å². The third kappa shape index (κ3) is 3.61. The Hall–Kier alpha value is -0.870. The van der Waals surface area contributed by atoms with Crippen LogP contribution >= 0.6 is 22.6 Å². The monoisotopic (exact) mass is 379 g/mol. The smallest absolute Gasteiger partial charge is 0.0574 e. The average Bonchev–Trinajstić information content (AvgIpc) is 2.39. The van der Waals surface area contributed by atoms with Gasteiger partial charge in [-0.2, -0.15) is 0 Å². The summed E-state index contributed by atoms with van der Waals surface area (Å²) in [5.74, 6) is 0. The summed E-state index contributed by atoms with van der Waals surface area (Å²) in [4.78, 5) is 0. The number of halogens is 1. The summed E-state index contributed by atoms with van der Waals surface area (Å²) in [6, 6.07) is 17.9. The highest BCUT2D eigenvalue weighted by Crippen LogP contribution is 2.27. The van der Waals surface area contributed by atoms with Crippen LogP contribution in [0.2, 0.25) is 0 Å². The minimum absolute atomic E-state index is 0.204. The zero-order chi connectivity index (χ0) is 14.8. The molecule has 0 aromatic heterocycles. The number of hydrogen-bond acceptors (Lipinski definition) is 1. The van der Waals surface area contributed by atoms with Crippen molar-refractivity contribution in [2.75, 3.05) is 7.05 Å². The van der Waals surface area contributed by atoms with Crippen molar-refractivity contribution in [1.82, 2.24) is 5.32 Å². The lowest BCUT2D eigenvalue weighted by Crippen LogP contribution is -2.18. The molecule has 106 valence electrons. The molecule has 0 amide bonds. The Bertz CT molecular complexity index is 567. The lowest BCUT2D eigenvalue weighted by molar-refractivity contribution is 0.589. The molecule has 1 atom stereocenters. The van der Waals surface area contributed by atoms with Gasteiger partial charge in [-0.25, -0.2) is 0 Å². The molecule has 0 saturated carbocycles. The minimum atomic E-state index is 0.204. The predicted octanol–water partition coefficient (Wildman–Crippen LogP) is 4.90. The maximum Gasteiger partial charge on any atom is 0.0574 e. The van der Waals surface area contributed by atoms with E-state index in [-0.39, 0.29) is 11.5 Å². The van der Waals surface area contributed by atoms with E-state index in [1.165, 1.54) is 20.3 Å². The van der Waals surface area contributed by atoms with Gasteiger partial charge in [0, 0.05) is 3.57 Å². The van der Waals surface area contributed by atoms with Gasteiger partial charge in [-0.05, 0) is 63.9 Å². The molecule has 2 rings (SSSR count). The Morgan fingerprint density at radius 2 is 1.60 bits per heavy atom. The van der Waals surface area contributed by atoms with Gasteiger partial charge in [0.05, 0.1) is 6.04 Å². The fraction of sp³-hybridized carbons (Fsp3) is 0.333. The summed E-state index contributed by atoms with van der Waals surface area (Å²) < 4.78 is 1.27. The third-order valence-electron chi connectivity index (χ3n) is 3.58. The van der Waals surface area contributed by atoms with E-state index in [1.54, 1.807) is 0 Å². The van der Waals surface area contributed by atoms with Gasteiger partial charge in [0.15, 0.2) is 0 Å². The molecule has 0 aliphatic rings. The molecule has 1 N–H and O–H groups in total. The molecule has 0 saturated heterocycles. The van der Waals surface area contributed by atoms with Gasteiger partial charge in [0.25, 0.3) is 0 Å². The molecule has 1 nitrogen and oxygen atoms in total. The quantitative estimate of drug-likeness (QED) is 0.749. The second-order valence-corrected chi connectivity index (χ2v) is 7.39. The predicted molar refractivity (Wildman–Crippen MR) is 95.2 cm³/mol. The first-order valence-corrected chi connectivity index (χ1v) is 8.03. The van der Waals surface area contributed by atoms with Gasteiger partial charge in [-0.3, -0.25) is 0 Å². The lowest BCUT2D eigenvalue weighted by atomic mass is 9.86. The van der Waals surface area contributed by atoms with E-state index in [0.29, 0.717) is 0 Å². The van der Waals surface area contributed by atoms with Crippen molar-refractivity contribution in [1.29, 1.82) is 0 Å². The van der Waals surface area contributed by atoms with Gasteiger partial charge in [0.2, 0.25) is 0 Å². The molecule has 0 spiro atoms. The number of hydrogen-bond donors (Lipinski definition) is 1. The van der Waals surface area contributed by atoms with Crippen LogP contribution in [0.15, 0.2) is 48.5 Å². The molecule has 0 fully saturated rings. The maximum absolute atomic E-state index is 3.42. The molecular formula is C18H22IN. The Kier molecular flexibility index (Phi) is 4.86. The van der Waals surface area contributed by atoms with E-state index < -0.39 is 0 Å². The second kappa shape index (κ2) is 6.27. The van der Waals surface area contributed by atoms with E-state index in [0.717, 1.165) is 0 Å². The summed E-state index contributed by atoms with van der Waals surface area (Å²) in [7, 11) is 2.02. The Balaban J connectivity index is 2.33. The van der Waals surface area contributed by atoms with E-state index in [1.807, 2.05) is 7.05 Å². The Morgan fingerprint density at radius 3 is 2.10 bits per heavy atom. The fourth-order valence-corrected chi connectivity index (χ4v) is 2.95. The molecule has 2 heteroatoms. The summed E-state index contributed by atoms with van der Waals surface area (Å²) in [6.07, 6.45) is 0. The highest BCUT2D eigenvalue weighted by atomic mass is 127. The minimum Gasteiger partial charge on any atom is -0.309 e. The largest absolute Gasteiger partial charge is 0.309 e. The molecule has 1 unspecified atom stereocenters. The zero-order valence-electron chi connectivity index (χ0n) is 12.6. The van der Waals surface area contributed by atoms with Crippen molar-refractivity contribution in [2.45, 2.75) is 32.2 Å². The molecule has 20 heavy (non-hydrogen) atoms. The molecular weight excluding hydrogens is 357 g/mol. The Labute approximate surface area is 135 Å². The van der Waals surface area contributed by atoms with Crippen molar-refractivity contribution in [3.8, 4) is 0 Å². The standard InChI is InChI=1S/C18H22IN/c1-18(2,3)15-10-8-13(9-11-15)17(20-4)14-6-5-7-16(19)12-14/h5-12,17,20H,1-4H3. The van der Waals surface area contributed by atoms with Crippen LogP contribution in [0.4, 0.5) is 0 Å². The zero-order valence-corrected chi connectivity index (χ0v) is 14.7. The van der Waals surface area contributed by atoms with Crippen molar-refractivity contribution in [3.63, 3.8) is 0 Å². The van der Waals surface area contributed by atoms with Gasteiger partial charge in [-0.1, -0.05) is 57.2 Å². The van der Waals surface area contributed by atoms with E-state index in [4.69, 9.17) is 0 Å². The van der Waals surface area contributed by atoms with Crippen molar-refractivity contribution >= 4 is 22.6 Å². The second-order valence-electron chi connectivity index (χ2n) is 6.15. The lowest BCUT2D eigenvalue weighted by Gasteiger charge is -2.22. The number of benzene rings is 2. The van der Waals surface area contributed by atoms with Crippen molar-refractivity contribution in [3.05, 3.63) is 68.8 Å². The first-order valence-electron chi connectivity index (χ1n) is 6.95. The first kappa shape index (κ1) is 15.5. The van der Waals surface area contributed by atoms with Gasteiger partial charge in [0.1, 0.15) is 0 Å². The third-order valence-corrected chi connectivity index (χ3v) is 4.25. The molecule has 2 aromatic carbocycles. The fourth-order valence-electron chi connectivity index (χ4n) is 2.39. The van der Waals surface area contributed by atoms with Crippen LogP contribution in [0.25, 0.3) is 0 Å². The van der Waals surface area contributed by atoms with Gasteiger partial charge >= 0.3 is 0 Å². The summed E-state index contributed by atoms with van der Waals surface area (Å²) >= 11 is 2.36. The number of rotatable bonds is 3.